The van der Waals surface area contributed by atoms with Gasteiger partial charge in [0.1, 0.15) is 11.8 Å². The molecule has 1 aliphatic rings. The van der Waals surface area contributed by atoms with Crippen LogP contribution in [0.1, 0.15) is 30.4 Å². The van der Waals surface area contributed by atoms with Crippen molar-refractivity contribution >= 4 is 23.5 Å². The van der Waals surface area contributed by atoms with Gasteiger partial charge in [0, 0.05) is 24.9 Å². The van der Waals surface area contributed by atoms with Gasteiger partial charge in [-0.1, -0.05) is 30.3 Å². The minimum atomic E-state index is -1.06. The molecule has 0 saturated carbocycles. The van der Waals surface area contributed by atoms with Crippen LogP contribution in [0.3, 0.4) is 0 Å². The van der Waals surface area contributed by atoms with Gasteiger partial charge in [-0.15, -0.1) is 0 Å². The highest BCUT2D eigenvalue weighted by molar-refractivity contribution is 5.94. The predicted molar refractivity (Wildman–Crippen MR) is 108 cm³/mol. The molecule has 1 aliphatic heterocycles. The van der Waals surface area contributed by atoms with Crippen molar-refractivity contribution in [2.24, 2.45) is 0 Å². The minimum absolute atomic E-state index is 0.0177. The molecule has 2 aromatic carbocycles. The highest BCUT2D eigenvalue weighted by Crippen LogP contribution is 2.26. The number of carboxylic acids is 1. The molecule has 0 unspecified atom stereocenters. The lowest BCUT2D eigenvalue weighted by molar-refractivity contribution is -0.141. The molecule has 0 saturated heterocycles. The van der Waals surface area contributed by atoms with Gasteiger partial charge in [0.2, 0.25) is 11.8 Å². The van der Waals surface area contributed by atoms with E-state index in [1.807, 2.05) is 42.5 Å². The SMILES string of the molecule is O=C1CCc2cc(OCCCC(=O)N[C@H](Cc3ccccc3)C(=O)O)ccc2N1. The van der Waals surface area contributed by atoms with E-state index in [1.54, 1.807) is 6.07 Å². The van der Waals surface area contributed by atoms with Crippen molar-refractivity contribution in [3.05, 3.63) is 59.7 Å². The third kappa shape index (κ3) is 6.07. The van der Waals surface area contributed by atoms with Crippen molar-refractivity contribution in [3.63, 3.8) is 0 Å². The van der Waals surface area contributed by atoms with Crippen LogP contribution in [0.4, 0.5) is 5.69 Å². The monoisotopic (exact) mass is 396 g/mol. The van der Waals surface area contributed by atoms with Crippen LogP contribution < -0.4 is 15.4 Å². The van der Waals surface area contributed by atoms with Crippen molar-refractivity contribution in [3.8, 4) is 5.75 Å². The molecule has 0 aliphatic carbocycles. The summed E-state index contributed by atoms with van der Waals surface area (Å²) in [6.07, 6.45) is 2.03. The summed E-state index contributed by atoms with van der Waals surface area (Å²) < 4.78 is 5.69. The van der Waals surface area contributed by atoms with Crippen molar-refractivity contribution in [1.29, 1.82) is 0 Å². The van der Waals surface area contributed by atoms with E-state index in [9.17, 15) is 19.5 Å². The zero-order chi connectivity index (χ0) is 20.6. The van der Waals surface area contributed by atoms with Crippen LogP contribution in [-0.2, 0) is 27.2 Å². The summed E-state index contributed by atoms with van der Waals surface area (Å²) in [7, 11) is 0. The van der Waals surface area contributed by atoms with Gasteiger partial charge < -0.3 is 20.5 Å². The molecule has 29 heavy (non-hydrogen) atoms. The largest absolute Gasteiger partial charge is 0.494 e. The molecule has 3 N–H and O–H groups in total. The van der Waals surface area contributed by atoms with Crippen LogP contribution >= 0.6 is 0 Å². The molecule has 0 bridgehead atoms. The lowest BCUT2D eigenvalue weighted by atomic mass is 10.0. The Morgan fingerprint density at radius 3 is 2.69 bits per heavy atom. The van der Waals surface area contributed by atoms with Crippen molar-refractivity contribution in [2.75, 3.05) is 11.9 Å². The van der Waals surface area contributed by atoms with Gasteiger partial charge >= 0.3 is 5.97 Å². The highest BCUT2D eigenvalue weighted by atomic mass is 16.5. The fourth-order valence-corrected chi connectivity index (χ4v) is 3.19. The first-order valence-electron chi connectivity index (χ1n) is 9.63. The Balaban J connectivity index is 1.42. The topological polar surface area (TPSA) is 105 Å². The summed E-state index contributed by atoms with van der Waals surface area (Å²) >= 11 is 0. The number of benzene rings is 2. The van der Waals surface area contributed by atoms with Gasteiger partial charge in [-0.3, -0.25) is 9.59 Å². The number of rotatable bonds is 9. The number of carbonyl (C=O) groups is 3. The molecule has 1 heterocycles. The Labute approximate surface area is 169 Å². The molecule has 2 amide bonds. The number of nitrogens with one attached hydrogen (secondary N) is 2. The van der Waals surface area contributed by atoms with E-state index in [0.717, 1.165) is 16.8 Å². The second-order valence-electron chi connectivity index (χ2n) is 6.97. The normalized spacial score (nSPS) is 13.7. The number of hydrogen-bond acceptors (Lipinski definition) is 4. The fraction of sp³-hybridized carbons (Fsp3) is 0.318. The number of aryl methyl sites for hydroxylation is 1. The van der Waals surface area contributed by atoms with Gasteiger partial charge in [0.05, 0.1) is 6.61 Å². The summed E-state index contributed by atoms with van der Waals surface area (Å²) in [6, 6.07) is 13.7. The van der Waals surface area contributed by atoms with Gasteiger partial charge in [-0.05, 0) is 42.2 Å². The molecule has 0 fully saturated rings. The summed E-state index contributed by atoms with van der Waals surface area (Å²) in [6.45, 7) is 0.342. The van der Waals surface area contributed by atoms with Crippen LogP contribution in [0.25, 0.3) is 0 Å². The Hall–Kier alpha value is -3.35. The third-order valence-electron chi connectivity index (χ3n) is 4.71. The highest BCUT2D eigenvalue weighted by Gasteiger charge is 2.20. The number of aliphatic carboxylic acids is 1. The average molecular weight is 396 g/mol. The van der Waals surface area contributed by atoms with Crippen LogP contribution in [0.2, 0.25) is 0 Å². The standard InChI is InChI=1S/C22H24N2O5/c25-20(24-19(22(27)28)13-15-5-2-1-3-6-15)7-4-12-29-17-9-10-18-16(14-17)8-11-21(26)23-18/h1-3,5-6,9-10,14,19H,4,7-8,11-13H2,(H,23,26)(H,24,25)(H,27,28)/t19-/m1/s1. The number of fused-ring (bicyclic) bond motifs is 1. The van der Waals surface area contributed by atoms with E-state index in [2.05, 4.69) is 10.6 Å². The molecule has 7 nitrogen and oxygen atoms in total. The van der Waals surface area contributed by atoms with E-state index in [0.29, 0.717) is 31.6 Å². The molecule has 0 aromatic heterocycles. The van der Waals surface area contributed by atoms with E-state index in [1.165, 1.54) is 0 Å². The zero-order valence-corrected chi connectivity index (χ0v) is 16.0. The van der Waals surface area contributed by atoms with E-state index < -0.39 is 12.0 Å². The second kappa shape index (κ2) is 9.73. The molecule has 2 aromatic rings. The van der Waals surface area contributed by atoms with Crippen LogP contribution in [0.15, 0.2) is 48.5 Å². The van der Waals surface area contributed by atoms with Gasteiger partial charge in [0.15, 0.2) is 0 Å². The third-order valence-corrected chi connectivity index (χ3v) is 4.71. The number of carboxylic acid groups (broad SMARTS) is 1. The minimum Gasteiger partial charge on any atom is -0.494 e. The molecular weight excluding hydrogens is 372 g/mol. The summed E-state index contributed by atoms with van der Waals surface area (Å²) in [5, 5.41) is 14.7. The Kier molecular flexibility index (Phi) is 6.84. The molecule has 3 rings (SSSR count). The van der Waals surface area contributed by atoms with Crippen LogP contribution in [0, 0.1) is 0 Å². The summed E-state index contributed by atoms with van der Waals surface area (Å²) in [5.74, 6) is -0.665. The quantitative estimate of drug-likeness (QED) is 0.565. The number of amides is 2. The van der Waals surface area contributed by atoms with Crippen LogP contribution in [0.5, 0.6) is 5.75 Å². The Morgan fingerprint density at radius 1 is 1.14 bits per heavy atom. The molecule has 0 spiro atoms. The zero-order valence-electron chi connectivity index (χ0n) is 16.0. The van der Waals surface area contributed by atoms with Crippen molar-refractivity contribution < 1.29 is 24.2 Å². The first-order chi connectivity index (χ1) is 14.0. The first kappa shape index (κ1) is 20.4. The smallest absolute Gasteiger partial charge is 0.326 e. The maximum absolute atomic E-state index is 12.1. The number of hydrogen-bond donors (Lipinski definition) is 3. The summed E-state index contributed by atoms with van der Waals surface area (Å²) in [5.41, 5.74) is 2.70. The number of ether oxygens (including phenoxy) is 1. The lowest BCUT2D eigenvalue weighted by Gasteiger charge is -2.18. The molecular formula is C22H24N2O5. The van der Waals surface area contributed by atoms with E-state index >= 15 is 0 Å². The van der Waals surface area contributed by atoms with E-state index in [4.69, 9.17) is 4.74 Å². The Bertz CT molecular complexity index is 882. The van der Waals surface area contributed by atoms with Crippen molar-refractivity contribution in [2.45, 2.75) is 38.1 Å². The lowest BCUT2D eigenvalue weighted by Crippen LogP contribution is -2.42. The Morgan fingerprint density at radius 2 is 1.93 bits per heavy atom. The van der Waals surface area contributed by atoms with E-state index in [-0.39, 0.29) is 24.7 Å². The predicted octanol–water partition coefficient (Wildman–Crippen LogP) is 2.54. The number of carbonyl (C=O) groups excluding carboxylic acids is 2. The molecule has 7 heteroatoms. The average Bonchev–Trinajstić information content (AvgIpc) is 2.71. The van der Waals surface area contributed by atoms with Gasteiger partial charge in [0.25, 0.3) is 0 Å². The first-order valence-corrected chi connectivity index (χ1v) is 9.63. The maximum Gasteiger partial charge on any atom is 0.326 e. The number of anilines is 1. The molecule has 152 valence electrons. The molecule has 1 atom stereocenters. The van der Waals surface area contributed by atoms with Gasteiger partial charge in [-0.25, -0.2) is 4.79 Å². The molecule has 0 radical (unpaired) electrons. The van der Waals surface area contributed by atoms with Crippen LogP contribution in [-0.4, -0.2) is 35.5 Å². The summed E-state index contributed by atoms with van der Waals surface area (Å²) in [4.78, 5) is 34.9. The van der Waals surface area contributed by atoms with Crippen molar-refractivity contribution in [1.82, 2.24) is 5.32 Å². The fourth-order valence-electron chi connectivity index (χ4n) is 3.19. The maximum atomic E-state index is 12.1. The van der Waals surface area contributed by atoms with Gasteiger partial charge in [-0.2, -0.15) is 0 Å². The second-order valence-corrected chi connectivity index (χ2v) is 6.97.